The summed E-state index contributed by atoms with van der Waals surface area (Å²) in [5.41, 5.74) is -0.0297. The van der Waals surface area contributed by atoms with Crippen molar-refractivity contribution in [1.82, 2.24) is 15.5 Å². The molecule has 0 aromatic carbocycles. The van der Waals surface area contributed by atoms with Crippen molar-refractivity contribution < 1.29 is 4.79 Å². The Morgan fingerprint density at radius 2 is 1.92 bits per heavy atom. The quantitative estimate of drug-likeness (QED) is 0.561. The maximum atomic E-state index is 11.6. The maximum absolute atomic E-state index is 11.6. The van der Waals surface area contributed by atoms with E-state index in [0.717, 1.165) is 19.6 Å². The largest absolute Gasteiger partial charge is 0.335 e. The van der Waals surface area contributed by atoms with E-state index in [4.69, 9.17) is 0 Å². The molecule has 2 amide bonds. The SMILES string of the molecule is CC(C)(C)N1C(=O)NCC12CNC2. The molecule has 13 heavy (non-hydrogen) atoms. The first-order valence-corrected chi connectivity index (χ1v) is 4.75. The van der Waals surface area contributed by atoms with Gasteiger partial charge in [-0.05, 0) is 20.8 Å². The predicted octanol–water partition coefficient (Wildman–Crippen LogP) is 0.152. The van der Waals surface area contributed by atoms with Crippen LogP contribution in [0.5, 0.6) is 0 Å². The number of carbonyl (C=O) groups excluding carboxylic acids is 1. The fourth-order valence-electron chi connectivity index (χ4n) is 2.33. The Hall–Kier alpha value is -0.770. The van der Waals surface area contributed by atoms with E-state index >= 15 is 0 Å². The van der Waals surface area contributed by atoms with E-state index in [-0.39, 0.29) is 17.1 Å². The molecular weight excluding hydrogens is 166 g/mol. The molecule has 2 fully saturated rings. The summed E-state index contributed by atoms with van der Waals surface area (Å²) in [6, 6.07) is 0.0778. The van der Waals surface area contributed by atoms with Gasteiger partial charge in [-0.25, -0.2) is 4.79 Å². The van der Waals surface area contributed by atoms with Gasteiger partial charge in [0.2, 0.25) is 0 Å². The van der Waals surface area contributed by atoms with Gasteiger partial charge in [-0.2, -0.15) is 0 Å². The Labute approximate surface area is 78.7 Å². The van der Waals surface area contributed by atoms with E-state index in [2.05, 4.69) is 31.4 Å². The summed E-state index contributed by atoms with van der Waals surface area (Å²) in [5.74, 6) is 0. The first-order chi connectivity index (χ1) is 5.96. The molecule has 2 aliphatic heterocycles. The van der Waals surface area contributed by atoms with Crippen LogP contribution in [0.2, 0.25) is 0 Å². The van der Waals surface area contributed by atoms with E-state index in [0.29, 0.717) is 0 Å². The summed E-state index contributed by atoms with van der Waals surface area (Å²) in [5, 5.41) is 6.15. The van der Waals surface area contributed by atoms with Crippen molar-refractivity contribution in [3.63, 3.8) is 0 Å². The van der Waals surface area contributed by atoms with E-state index < -0.39 is 0 Å². The lowest BCUT2D eigenvalue weighted by molar-refractivity contribution is 0.0419. The Bertz CT molecular complexity index is 240. The van der Waals surface area contributed by atoms with Gasteiger partial charge in [0.05, 0.1) is 5.54 Å². The molecule has 74 valence electrons. The first kappa shape index (κ1) is 8.81. The van der Waals surface area contributed by atoms with Gasteiger partial charge in [0.1, 0.15) is 0 Å². The molecule has 0 atom stereocenters. The lowest BCUT2D eigenvalue weighted by atomic mass is 9.88. The van der Waals surface area contributed by atoms with Crippen molar-refractivity contribution in [2.75, 3.05) is 19.6 Å². The second kappa shape index (κ2) is 2.38. The number of amides is 2. The topological polar surface area (TPSA) is 44.4 Å². The molecule has 2 rings (SSSR count). The third-order valence-corrected chi connectivity index (χ3v) is 2.83. The second-order valence-corrected chi connectivity index (χ2v) is 4.99. The fourth-order valence-corrected chi connectivity index (χ4v) is 2.33. The van der Waals surface area contributed by atoms with Gasteiger partial charge in [-0.15, -0.1) is 0 Å². The minimum absolute atomic E-state index is 0.0509. The van der Waals surface area contributed by atoms with Crippen molar-refractivity contribution in [2.24, 2.45) is 0 Å². The van der Waals surface area contributed by atoms with Crippen molar-refractivity contribution in [3.8, 4) is 0 Å². The highest BCUT2D eigenvalue weighted by Gasteiger charge is 2.53. The minimum atomic E-state index is -0.0807. The lowest BCUT2D eigenvalue weighted by Gasteiger charge is -2.50. The standard InChI is InChI=1S/C9H17N3O/c1-8(2,3)12-7(13)11-6-9(12)4-10-5-9/h10H,4-6H2,1-3H3,(H,11,13). The Kier molecular flexibility index (Phi) is 1.61. The maximum Gasteiger partial charge on any atom is 0.318 e. The van der Waals surface area contributed by atoms with Crippen LogP contribution < -0.4 is 10.6 Å². The van der Waals surface area contributed by atoms with Gasteiger partial charge in [-0.1, -0.05) is 0 Å². The highest BCUT2D eigenvalue weighted by molar-refractivity contribution is 5.79. The molecule has 0 radical (unpaired) electrons. The van der Waals surface area contributed by atoms with Gasteiger partial charge >= 0.3 is 6.03 Å². The van der Waals surface area contributed by atoms with Gasteiger partial charge in [0.25, 0.3) is 0 Å². The third-order valence-electron chi connectivity index (χ3n) is 2.83. The normalized spacial score (nSPS) is 26.1. The summed E-state index contributed by atoms with van der Waals surface area (Å²) in [4.78, 5) is 13.6. The van der Waals surface area contributed by atoms with E-state index in [1.54, 1.807) is 0 Å². The third kappa shape index (κ3) is 1.12. The molecule has 4 heteroatoms. The highest BCUT2D eigenvalue weighted by Crippen LogP contribution is 2.31. The van der Waals surface area contributed by atoms with Crippen LogP contribution in [0.1, 0.15) is 20.8 Å². The van der Waals surface area contributed by atoms with E-state index in [1.807, 2.05) is 4.90 Å². The number of nitrogens with one attached hydrogen (secondary N) is 2. The zero-order valence-electron chi connectivity index (χ0n) is 8.48. The Morgan fingerprint density at radius 1 is 1.31 bits per heavy atom. The highest BCUT2D eigenvalue weighted by atomic mass is 16.2. The fraction of sp³-hybridized carbons (Fsp3) is 0.889. The number of hydrogen-bond acceptors (Lipinski definition) is 2. The number of rotatable bonds is 0. The molecule has 4 nitrogen and oxygen atoms in total. The van der Waals surface area contributed by atoms with Gasteiger partial charge in [-0.3, -0.25) is 0 Å². The molecule has 2 saturated heterocycles. The van der Waals surface area contributed by atoms with Crippen LogP contribution in [0.3, 0.4) is 0 Å². The molecule has 0 unspecified atom stereocenters. The number of nitrogens with zero attached hydrogens (tertiary/aromatic N) is 1. The molecule has 2 heterocycles. The summed E-state index contributed by atoms with van der Waals surface area (Å²) >= 11 is 0. The van der Waals surface area contributed by atoms with Crippen molar-refractivity contribution in [2.45, 2.75) is 31.8 Å². The van der Waals surface area contributed by atoms with Crippen LogP contribution >= 0.6 is 0 Å². The smallest absolute Gasteiger partial charge is 0.318 e. The Morgan fingerprint density at radius 3 is 2.23 bits per heavy atom. The molecule has 0 aromatic rings. The van der Waals surface area contributed by atoms with Gasteiger partial charge in [0, 0.05) is 25.2 Å². The summed E-state index contributed by atoms with van der Waals surface area (Å²) in [6.45, 7) is 8.87. The summed E-state index contributed by atoms with van der Waals surface area (Å²) in [6.07, 6.45) is 0. The van der Waals surface area contributed by atoms with Crippen molar-refractivity contribution in [3.05, 3.63) is 0 Å². The van der Waals surface area contributed by atoms with Crippen molar-refractivity contribution >= 4 is 6.03 Å². The molecule has 2 N–H and O–H groups in total. The van der Waals surface area contributed by atoms with Crippen LogP contribution in [-0.4, -0.2) is 41.6 Å². The van der Waals surface area contributed by atoms with Gasteiger partial charge < -0.3 is 15.5 Å². The van der Waals surface area contributed by atoms with Crippen LogP contribution in [-0.2, 0) is 0 Å². The molecule has 1 spiro atoms. The predicted molar refractivity (Wildman–Crippen MR) is 50.6 cm³/mol. The van der Waals surface area contributed by atoms with Gasteiger partial charge in [0.15, 0.2) is 0 Å². The molecule has 0 aromatic heterocycles. The number of urea groups is 1. The average Bonchev–Trinajstić information content (AvgIpc) is 2.23. The van der Waals surface area contributed by atoms with Crippen LogP contribution in [0.15, 0.2) is 0 Å². The summed E-state index contributed by atoms with van der Waals surface area (Å²) < 4.78 is 0. The molecule has 0 saturated carbocycles. The van der Waals surface area contributed by atoms with E-state index in [1.165, 1.54) is 0 Å². The minimum Gasteiger partial charge on any atom is -0.335 e. The monoisotopic (exact) mass is 183 g/mol. The van der Waals surface area contributed by atoms with Crippen LogP contribution in [0, 0.1) is 0 Å². The zero-order chi connectivity index (χ0) is 9.69. The number of hydrogen-bond donors (Lipinski definition) is 2. The molecule has 2 aliphatic rings. The molecule has 0 bridgehead atoms. The lowest BCUT2D eigenvalue weighted by Crippen LogP contribution is -2.71. The van der Waals surface area contributed by atoms with E-state index in [9.17, 15) is 4.79 Å². The van der Waals surface area contributed by atoms with Crippen LogP contribution in [0.4, 0.5) is 4.79 Å². The molecular formula is C9H17N3O. The van der Waals surface area contributed by atoms with Crippen molar-refractivity contribution in [1.29, 1.82) is 0 Å². The molecule has 0 aliphatic carbocycles. The second-order valence-electron chi connectivity index (χ2n) is 4.99. The van der Waals surface area contributed by atoms with Crippen LogP contribution in [0.25, 0.3) is 0 Å². The Balaban J connectivity index is 2.26. The first-order valence-electron chi connectivity index (χ1n) is 4.75. The zero-order valence-corrected chi connectivity index (χ0v) is 8.48. The number of carbonyl (C=O) groups is 1. The summed E-state index contributed by atoms with van der Waals surface area (Å²) in [7, 11) is 0. The average molecular weight is 183 g/mol.